The van der Waals surface area contributed by atoms with Crippen LogP contribution in [0.15, 0.2) is 109 Å². The Morgan fingerprint density at radius 2 is 0.506 bits per heavy atom. The Labute approximate surface area is 476 Å². The van der Waals surface area contributed by atoms with Crippen LogP contribution in [0.25, 0.3) is 0 Å². The van der Waals surface area contributed by atoms with Crippen molar-refractivity contribution in [3.63, 3.8) is 0 Å². The maximum atomic E-state index is 12.9. The van der Waals surface area contributed by atoms with E-state index in [1.54, 1.807) is 0 Å². The zero-order valence-electron chi connectivity index (χ0n) is 50.4. The Hall–Kier alpha value is -3.93. The Bertz CT molecular complexity index is 1560. The van der Waals surface area contributed by atoms with Crippen LogP contribution in [-0.2, 0) is 28.6 Å². The molecule has 0 saturated carbocycles. The molecule has 440 valence electrons. The van der Waals surface area contributed by atoms with Gasteiger partial charge in [-0.05, 0) is 103 Å². The maximum Gasteiger partial charge on any atom is 0.306 e. The highest BCUT2D eigenvalue weighted by Gasteiger charge is 2.19. The highest BCUT2D eigenvalue weighted by atomic mass is 16.6. The molecule has 1 unspecified atom stereocenters. The van der Waals surface area contributed by atoms with E-state index in [9.17, 15) is 14.4 Å². The van der Waals surface area contributed by atoms with Gasteiger partial charge in [0.1, 0.15) is 13.2 Å². The van der Waals surface area contributed by atoms with E-state index in [0.29, 0.717) is 19.3 Å². The van der Waals surface area contributed by atoms with E-state index in [0.717, 1.165) is 128 Å². The van der Waals surface area contributed by atoms with Gasteiger partial charge in [0, 0.05) is 19.3 Å². The maximum absolute atomic E-state index is 12.9. The predicted molar refractivity (Wildman–Crippen MR) is 334 cm³/mol. The fourth-order valence-electron chi connectivity index (χ4n) is 8.99. The van der Waals surface area contributed by atoms with Gasteiger partial charge >= 0.3 is 17.9 Å². The Balaban J connectivity index is 4.34. The second-order valence-electron chi connectivity index (χ2n) is 21.3. The highest BCUT2D eigenvalue weighted by Crippen LogP contribution is 2.16. The molecule has 0 heterocycles. The van der Waals surface area contributed by atoms with Crippen molar-refractivity contribution in [2.24, 2.45) is 0 Å². The van der Waals surface area contributed by atoms with Crippen molar-refractivity contribution in [1.82, 2.24) is 0 Å². The van der Waals surface area contributed by atoms with E-state index in [4.69, 9.17) is 14.2 Å². The van der Waals surface area contributed by atoms with Gasteiger partial charge < -0.3 is 14.2 Å². The van der Waals surface area contributed by atoms with Crippen LogP contribution in [0.1, 0.15) is 303 Å². The summed E-state index contributed by atoms with van der Waals surface area (Å²) in [4.78, 5) is 38.3. The third-order valence-electron chi connectivity index (χ3n) is 13.8. The molecule has 0 aromatic carbocycles. The number of unbranched alkanes of at least 4 members (excludes halogenated alkanes) is 29. The van der Waals surface area contributed by atoms with Gasteiger partial charge in [-0.1, -0.05) is 291 Å². The average Bonchev–Trinajstić information content (AvgIpc) is 3.43. The molecule has 0 aliphatic heterocycles. The van der Waals surface area contributed by atoms with Crippen LogP contribution >= 0.6 is 0 Å². The molecular weight excluding hydrogens is 949 g/mol. The first-order valence-corrected chi connectivity index (χ1v) is 32.4. The second-order valence-corrected chi connectivity index (χ2v) is 21.3. The molecule has 0 spiro atoms. The largest absolute Gasteiger partial charge is 0.462 e. The molecule has 0 N–H and O–H groups in total. The fourth-order valence-corrected chi connectivity index (χ4v) is 8.99. The Morgan fingerprint density at radius 3 is 0.792 bits per heavy atom. The van der Waals surface area contributed by atoms with Crippen molar-refractivity contribution < 1.29 is 28.6 Å². The van der Waals surface area contributed by atoms with Crippen molar-refractivity contribution in [2.75, 3.05) is 13.2 Å². The van der Waals surface area contributed by atoms with E-state index < -0.39 is 6.10 Å². The lowest BCUT2D eigenvalue weighted by Crippen LogP contribution is -2.30. The highest BCUT2D eigenvalue weighted by molar-refractivity contribution is 5.71. The van der Waals surface area contributed by atoms with Gasteiger partial charge in [-0.15, -0.1) is 0 Å². The lowest BCUT2D eigenvalue weighted by Gasteiger charge is -2.18. The molecule has 0 saturated heterocycles. The van der Waals surface area contributed by atoms with Gasteiger partial charge in [0.2, 0.25) is 0 Å². The number of carbonyl (C=O) groups excluding carboxylic acids is 3. The van der Waals surface area contributed by atoms with Crippen molar-refractivity contribution >= 4 is 17.9 Å². The molecule has 0 amide bonds. The van der Waals surface area contributed by atoms with Crippen LogP contribution in [0, 0.1) is 0 Å². The zero-order chi connectivity index (χ0) is 55.7. The van der Waals surface area contributed by atoms with Gasteiger partial charge in [0.25, 0.3) is 0 Å². The fraction of sp³-hybridized carbons (Fsp3) is 0.704. The number of hydrogen-bond donors (Lipinski definition) is 0. The molecule has 0 fully saturated rings. The summed E-state index contributed by atoms with van der Waals surface area (Å²) in [6.07, 6.45) is 88.1. The number of rotatable bonds is 58. The first-order chi connectivity index (χ1) is 38.0. The molecule has 77 heavy (non-hydrogen) atoms. The molecule has 6 nitrogen and oxygen atoms in total. The van der Waals surface area contributed by atoms with Crippen LogP contribution in [0.4, 0.5) is 0 Å². The van der Waals surface area contributed by atoms with E-state index in [2.05, 4.69) is 130 Å². The monoisotopic (exact) mass is 1070 g/mol. The van der Waals surface area contributed by atoms with E-state index >= 15 is 0 Å². The Morgan fingerprint density at radius 1 is 0.273 bits per heavy atom. The molecular formula is C71H120O6. The third kappa shape index (κ3) is 62.8. The summed E-state index contributed by atoms with van der Waals surface area (Å²) in [5.41, 5.74) is 0. The smallest absolute Gasteiger partial charge is 0.306 e. The quantitative estimate of drug-likeness (QED) is 0.0261. The van der Waals surface area contributed by atoms with Gasteiger partial charge in [0.05, 0.1) is 0 Å². The SMILES string of the molecule is CC/C=C\C/C=C\C/C=C\C/C=C\C/C=C\CCCCCCCCCCCCCC(=O)OCC(COC(=O)CCCCCCCCCCCCCCCCC)OC(=O)CCCCCC/C=C\C/C=C\C/C=C\C/C=C\CC. The number of esters is 3. The summed E-state index contributed by atoms with van der Waals surface area (Å²) in [5.74, 6) is -0.904. The zero-order valence-corrected chi connectivity index (χ0v) is 50.4. The molecule has 0 bridgehead atoms. The molecule has 0 aliphatic carbocycles. The molecule has 0 aromatic rings. The van der Waals surface area contributed by atoms with Crippen molar-refractivity contribution in [3.8, 4) is 0 Å². The van der Waals surface area contributed by atoms with Crippen LogP contribution in [-0.4, -0.2) is 37.2 Å². The van der Waals surface area contributed by atoms with Crippen LogP contribution in [0.2, 0.25) is 0 Å². The third-order valence-corrected chi connectivity index (χ3v) is 13.8. The summed E-state index contributed by atoms with van der Waals surface area (Å²) in [5, 5.41) is 0. The van der Waals surface area contributed by atoms with Crippen LogP contribution in [0.5, 0.6) is 0 Å². The minimum Gasteiger partial charge on any atom is -0.462 e. The van der Waals surface area contributed by atoms with Crippen molar-refractivity contribution in [2.45, 2.75) is 309 Å². The molecule has 0 aliphatic rings. The predicted octanol–water partition coefficient (Wildman–Crippen LogP) is 22.2. The van der Waals surface area contributed by atoms with Crippen molar-refractivity contribution in [3.05, 3.63) is 109 Å². The standard InChI is InChI=1S/C71H120O6/c1-4-7-10-13-16-19-22-25-28-30-31-32-33-34-35-36-37-38-39-41-43-46-49-52-55-58-61-64-70(73)76-67-68(66-75-69(72)63-60-57-54-51-48-45-42-27-24-21-18-15-12-9-6-3)77-71(74)65-62-59-56-53-50-47-44-40-29-26-23-20-17-14-11-8-5-2/h7-8,10-11,16-17,19-20,25-26,28-29,31-32,34-35,44,47,68H,4-6,9,12-15,18,21-24,27,30,33,36-43,45-46,48-67H2,1-3H3/b10-7-,11-8-,19-16-,20-17-,28-25-,29-26-,32-31-,35-34-,47-44-. The normalized spacial score (nSPS) is 12.8. The van der Waals surface area contributed by atoms with Gasteiger partial charge in [-0.3, -0.25) is 14.4 Å². The molecule has 0 rings (SSSR count). The molecule has 6 heteroatoms. The first kappa shape index (κ1) is 73.1. The minimum atomic E-state index is -0.793. The molecule has 0 aromatic heterocycles. The molecule has 0 radical (unpaired) electrons. The number of allylic oxidation sites excluding steroid dienone is 18. The number of carbonyl (C=O) groups is 3. The summed E-state index contributed by atoms with van der Waals surface area (Å²) in [7, 11) is 0. The molecule has 1 atom stereocenters. The summed E-state index contributed by atoms with van der Waals surface area (Å²) < 4.78 is 16.9. The summed E-state index contributed by atoms with van der Waals surface area (Å²) >= 11 is 0. The number of ether oxygens (including phenoxy) is 3. The van der Waals surface area contributed by atoms with Gasteiger partial charge in [0.15, 0.2) is 6.10 Å². The van der Waals surface area contributed by atoms with Crippen LogP contribution in [0.3, 0.4) is 0 Å². The minimum absolute atomic E-state index is 0.0867. The lowest BCUT2D eigenvalue weighted by atomic mass is 10.0. The number of hydrogen-bond acceptors (Lipinski definition) is 6. The first-order valence-electron chi connectivity index (χ1n) is 32.4. The van der Waals surface area contributed by atoms with Gasteiger partial charge in [-0.25, -0.2) is 0 Å². The summed E-state index contributed by atoms with van der Waals surface area (Å²) in [6, 6.07) is 0. The lowest BCUT2D eigenvalue weighted by molar-refractivity contribution is -0.167. The summed E-state index contributed by atoms with van der Waals surface area (Å²) in [6.45, 7) is 6.42. The van der Waals surface area contributed by atoms with E-state index in [-0.39, 0.29) is 31.1 Å². The topological polar surface area (TPSA) is 78.9 Å². The van der Waals surface area contributed by atoms with Gasteiger partial charge in [-0.2, -0.15) is 0 Å². The average molecular weight is 1070 g/mol. The Kier molecular flexibility index (Phi) is 61.3. The second kappa shape index (κ2) is 64.6. The van der Waals surface area contributed by atoms with Crippen LogP contribution < -0.4 is 0 Å². The van der Waals surface area contributed by atoms with E-state index in [1.165, 1.54) is 135 Å². The van der Waals surface area contributed by atoms with E-state index in [1.807, 2.05) is 0 Å². The van der Waals surface area contributed by atoms with Crippen molar-refractivity contribution in [1.29, 1.82) is 0 Å².